The van der Waals surface area contributed by atoms with Crippen molar-refractivity contribution >= 4 is 5.82 Å². The molecule has 0 aliphatic heterocycles. The Kier molecular flexibility index (Phi) is 3.20. The largest absolute Gasteiger partial charge is 0.384 e. The van der Waals surface area contributed by atoms with Gasteiger partial charge in [0.05, 0.1) is 0 Å². The molecule has 0 bridgehead atoms. The van der Waals surface area contributed by atoms with E-state index >= 15 is 0 Å². The molecule has 1 aromatic carbocycles. The molecule has 2 rings (SSSR count). The highest BCUT2D eigenvalue weighted by Gasteiger charge is 1.99. The van der Waals surface area contributed by atoms with E-state index in [9.17, 15) is 0 Å². The van der Waals surface area contributed by atoms with E-state index < -0.39 is 0 Å². The van der Waals surface area contributed by atoms with Crippen molar-refractivity contribution in [2.24, 2.45) is 0 Å². The van der Waals surface area contributed by atoms with Crippen molar-refractivity contribution in [1.29, 1.82) is 0 Å². The quantitative estimate of drug-likeness (QED) is 0.849. The van der Waals surface area contributed by atoms with Gasteiger partial charge in [-0.25, -0.2) is 4.98 Å². The van der Waals surface area contributed by atoms with Crippen LogP contribution < -0.4 is 5.73 Å². The van der Waals surface area contributed by atoms with Crippen LogP contribution in [-0.4, -0.2) is 4.98 Å². The molecule has 2 aromatic rings. The Bertz CT molecular complexity index is 478. The molecule has 82 valence electrons. The average Bonchev–Trinajstić information content (AvgIpc) is 2.28. The number of hydrogen-bond acceptors (Lipinski definition) is 2. The van der Waals surface area contributed by atoms with Gasteiger partial charge >= 0.3 is 0 Å². The van der Waals surface area contributed by atoms with Gasteiger partial charge in [0.25, 0.3) is 0 Å². The number of aryl methyl sites for hydroxylation is 3. The van der Waals surface area contributed by atoms with E-state index in [1.807, 2.05) is 12.1 Å². The Labute approximate surface area is 96.1 Å². The van der Waals surface area contributed by atoms with E-state index in [2.05, 4.69) is 36.2 Å². The van der Waals surface area contributed by atoms with Crippen LogP contribution in [0.1, 0.15) is 16.7 Å². The van der Waals surface area contributed by atoms with Crippen molar-refractivity contribution in [3.05, 3.63) is 59.3 Å². The molecule has 0 amide bonds. The fourth-order valence-corrected chi connectivity index (χ4v) is 1.82. The van der Waals surface area contributed by atoms with E-state index in [0.29, 0.717) is 5.82 Å². The zero-order valence-corrected chi connectivity index (χ0v) is 9.48. The summed E-state index contributed by atoms with van der Waals surface area (Å²) in [5.41, 5.74) is 9.64. The molecule has 0 aliphatic rings. The smallest absolute Gasteiger partial charge is 0.123 e. The third kappa shape index (κ3) is 2.60. The summed E-state index contributed by atoms with van der Waals surface area (Å²) in [6.07, 6.45) is 3.83. The highest BCUT2D eigenvalue weighted by atomic mass is 14.8. The number of hydrogen-bond donors (Lipinski definition) is 1. The summed E-state index contributed by atoms with van der Waals surface area (Å²) < 4.78 is 0. The SMILES string of the molecule is Cc1ccccc1CCc1ccnc(N)c1. The number of nitrogens with zero attached hydrogens (tertiary/aromatic N) is 1. The summed E-state index contributed by atoms with van der Waals surface area (Å²) in [6, 6.07) is 12.5. The van der Waals surface area contributed by atoms with Crippen LogP contribution in [-0.2, 0) is 12.8 Å². The predicted octanol–water partition coefficient (Wildman–Crippen LogP) is 2.76. The van der Waals surface area contributed by atoms with Crippen LogP contribution in [0.2, 0.25) is 0 Å². The fraction of sp³-hybridized carbons (Fsp3) is 0.214. The molecule has 1 heterocycles. The number of nitrogen functional groups attached to an aromatic ring is 1. The maximum Gasteiger partial charge on any atom is 0.123 e. The van der Waals surface area contributed by atoms with E-state index in [-0.39, 0.29) is 0 Å². The summed E-state index contributed by atoms with van der Waals surface area (Å²) in [5.74, 6) is 0.599. The van der Waals surface area contributed by atoms with Crippen LogP contribution in [0.3, 0.4) is 0 Å². The monoisotopic (exact) mass is 212 g/mol. The minimum absolute atomic E-state index is 0.599. The molecule has 0 atom stereocenters. The van der Waals surface area contributed by atoms with Crippen molar-refractivity contribution in [1.82, 2.24) is 4.98 Å². The molecule has 2 N–H and O–H groups in total. The van der Waals surface area contributed by atoms with E-state index in [1.165, 1.54) is 16.7 Å². The molecule has 0 saturated carbocycles. The van der Waals surface area contributed by atoms with Crippen molar-refractivity contribution in [2.45, 2.75) is 19.8 Å². The summed E-state index contributed by atoms with van der Waals surface area (Å²) in [5, 5.41) is 0. The maximum atomic E-state index is 5.65. The molecule has 0 radical (unpaired) electrons. The summed E-state index contributed by atoms with van der Waals surface area (Å²) in [6.45, 7) is 2.15. The second-order valence-electron chi connectivity index (χ2n) is 4.02. The first kappa shape index (κ1) is 10.7. The highest BCUT2D eigenvalue weighted by Crippen LogP contribution is 2.12. The lowest BCUT2D eigenvalue weighted by molar-refractivity contribution is 0.946. The second kappa shape index (κ2) is 4.79. The Morgan fingerprint density at radius 2 is 1.94 bits per heavy atom. The van der Waals surface area contributed by atoms with Gasteiger partial charge in [-0.15, -0.1) is 0 Å². The van der Waals surface area contributed by atoms with Gasteiger partial charge in [-0.2, -0.15) is 0 Å². The average molecular weight is 212 g/mol. The van der Waals surface area contributed by atoms with Gasteiger partial charge in [0.2, 0.25) is 0 Å². The fourth-order valence-electron chi connectivity index (χ4n) is 1.82. The second-order valence-corrected chi connectivity index (χ2v) is 4.02. The standard InChI is InChI=1S/C14H16N2/c1-11-4-2-3-5-13(11)7-6-12-8-9-16-14(15)10-12/h2-5,8-10H,6-7H2,1H3,(H2,15,16). The van der Waals surface area contributed by atoms with Gasteiger partial charge < -0.3 is 5.73 Å². The van der Waals surface area contributed by atoms with Crippen LogP contribution in [0.25, 0.3) is 0 Å². The van der Waals surface area contributed by atoms with E-state index in [1.54, 1.807) is 6.20 Å². The molecule has 1 aromatic heterocycles. The summed E-state index contributed by atoms with van der Waals surface area (Å²) >= 11 is 0. The van der Waals surface area contributed by atoms with Crippen LogP contribution in [0, 0.1) is 6.92 Å². The molecule has 16 heavy (non-hydrogen) atoms. The van der Waals surface area contributed by atoms with Crippen LogP contribution in [0.5, 0.6) is 0 Å². The third-order valence-electron chi connectivity index (χ3n) is 2.79. The molecule has 0 saturated heterocycles. The van der Waals surface area contributed by atoms with Gasteiger partial charge in [-0.1, -0.05) is 24.3 Å². The van der Waals surface area contributed by atoms with Gasteiger partial charge in [0.1, 0.15) is 5.82 Å². The first-order valence-corrected chi connectivity index (χ1v) is 5.50. The Morgan fingerprint density at radius 3 is 2.69 bits per heavy atom. The van der Waals surface area contributed by atoms with Crippen LogP contribution in [0.4, 0.5) is 5.82 Å². The molecule has 0 unspecified atom stereocenters. The first-order chi connectivity index (χ1) is 7.75. The molecule has 0 spiro atoms. The van der Waals surface area contributed by atoms with Gasteiger partial charge in [-0.3, -0.25) is 0 Å². The minimum Gasteiger partial charge on any atom is -0.384 e. The van der Waals surface area contributed by atoms with Crippen molar-refractivity contribution in [2.75, 3.05) is 5.73 Å². The Balaban J connectivity index is 2.05. The number of rotatable bonds is 3. The van der Waals surface area contributed by atoms with Gasteiger partial charge in [0, 0.05) is 6.20 Å². The molecule has 0 aliphatic carbocycles. The lowest BCUT2D eigenvalue weighted by atomic mass is 10.0. The van der Waals surface area contributed by atoms with Crippen molar-refractivity contribution in [3.8, 4) is 0 Å². The lowest BCUT2D eigenvalue weighted by Crippen LogP contribution is -1.96. The highest BCUT2D eigenvalue weighted by molar-refractivity contribution is 5.33. The zero-order valence-electron chi connectivity index (χ0n) is 9.48. The number of benzene rings is 1. The summed E-state index contributed by atoms with van der Waals surface area (Å²) in [7, 11) is 0. The molecule has 2 nitrogen and oxygen atoms in total. The van der Waals surface area contributed by atoms with Crippen molar-refractivity contribution < 1.29 is 0 Å². The van der Waals surface area contributed by atoms with Gasteiger partial charge in [0.15, 0.2) is 0 Å². The number of pyridine rings is 1. The lowest BCUT2D eigenvalue weighted by Gasteiger charge is -2.05. The van der Waals surface area contributed by atoms with E-state index in [4.69, 9.17) is 5.73 Å². The van der Waals surface area contributed by atoms with E-state index in [0.717, 1.165) is 12.8 Å². The molecule has 0 fully saturated rings. The molecule has 2 heteroatoms. The minimum atomic E-state index is 0.599. The summed E-state index contributed by atoms with van der Waals surface area (Å²) in [4.78, 5) is 3.99. The number of aromatic nitrogens is 1. The molecular weight excluding hydrogens is 196 g/mol. The Morgan fingerprint density at radius 1 is 1.12 bits per heavy atom. The zero-order chi connectivity index (χ0) is 11.4. The van der Waals surface area contributed by atoms with Crippen LogP contribution in [0.15, 0.2) is 42.6 Å². The Hall–Kier alpha value is -1.83. The topological polar surface area (TPSA) is 38.9 Å². The van der Waals surface area contributed by atoms with Crippen molar-refractivity contribution in [3.63, 3.8) is 0 Å². The maximum absolute atomic E-state index is 5.65. The third-order valence-corrected chi connectivity index (χ3v) is 2.79. The number of anilines is 1. The van der Waals surface area contributed by atoms with Gasteiger partial charge in [-0.05, 0) is 48.6 Å². The number of nitrogens with two attached hydrogens (primary N) is 1. The normalized spacial score (nSPS) is 10.3. The molecular formula is C14H16N2. The first-order valence-electron chi connectivity index (χ1n) is 5.50. The predicted molar refractivity (Wildman–Crippen MR) is 67.2 cm³/mol. The van der Waals surface area contributed by atoms with Crippen LogP contribution >= 0.6 is 0 Å².